The Morgan fingerprint density at radius 2 is 1.78 bits per heavy atom. The van der Waals surface area contributed by atoms with E-state index in [1.54, 1.807) is 12.1 Å². The van der Waals surface area contributed by atoms with Gasteiger partial charge in [0.25, 0.3) is 0 Å². The minimum atomic E-state index is -1.02. The summed E-state index contributed by atoms with van der Waals surface area (Å²) in [5, 5.41) is 8.83. The molecule has 0 radical (unpaired) electrons. The van der Waals surface area contributed by atoms with Crippen molar-refractivity contribution in [2.75, 3.05) is 0 Å². The van der Waals surface area contributed by atoms with Crippen molar-refractivity contribution < 1.29 is 9.90 Å². The molecule has 0 aromatic heterocycles. The van der Waals surface area contributed by atoms with Crippen LogP contribution in [0.25, 0.3) is 11.1 Å². The van der Waals surface area contributed by atoms with E-state index in [0.717, 1.165) is 11.1 Å². The molecule has 2 aromatic carbocycles. The Morgan fingerprint density at radius 3 is 2.33 bits per heavy atom. The topological polar surface area (TPSA) is 63.3 Å². The summed E-state index contributed by atoms with van der Waals surface area (Å²) in [5.74, 6) is -1.02. The molecule has 0 aliphatic rings. The summed E-state index contributed by atoms with van der Waals surface area (Å²) in [4.78, 5) is 10.8. The zero-order valence-corrected chi connectivity index (χ0v) is 10.1. The van der Waals surface area contributed by atoms with Crippen molar-refractivity contribution >= 4 is 5.97 Å². The summed E-state index contributed by atoms with van der Waals surface area (Å²) in [6.07, 6.45) is 0. The second kappa shape index (κ2) is 5.02. The number of aliphatic carboxylic acids is 1. The summed E-state index contributed by atoms with van der Waals surface area (Å²) in [6.45, 7) is 2.04. The monoisotopic (exact) mass is 241 g/mol. The van der Waals surface area contributed by atoms with Gasteiger partial charge in [-0.15, -0.1) is 0 Å². The minimum Gasteiger partial charge on any atom is -0.480 e. The number of rotatable bonds is 3. The van der Waals surface area contributed by atoms with Crippen LogP contribution in [-0.4, -0.2) is 11.1 Å². The predicted molar refractivity (Wildman–Crippen MR) is 71.2 cm³/mol. The lowest BCUT2D eigenvalue weighted by atomic mass is 10.00. The molecular weight excluding hydrogens is 226 g/mol. The van der Waals surface area contributed by atoms with Gasteiger partial charge in [-0.1, -0.05) is 54.1 Å². The van der Waals surface area contributed by atoms with Gasteiger partial charge in [-0.05, 0) is 23.6 Å². The maximum atomic E-state index is 10.8. The van der Waals surface area contributed by atoms with Gasteiger partial charge in [0.2, 0.25) is 0 Å². The number of carboxylic acids is 1. The lowest BCUT2D eigenvalue weighted by Crippen LogP contribution is -2.20. The Morgan fingerprint density at radius 1 is 1.11 bits per heavy atom. The standard InChI is InChI=1S/C15H15NO2/c1-10-3-2-4-13(9-10)11-5-7-12(8-6-11)14(16)15(17)18/h2-9,14H,16H2,1H3,(H,17,18)/t14-/m0/s1. The van der Waals surface area contributed by atoms with Crippen LogP contribution >= 0.6 is 0 Å². The number of nitrogens with two attached hydrogens (primary N) is 1. The van der Waals surface area contributed by atoms with E-state index in [9.17, 15) is 4.79 Å². The van der Waals surface area contributed by atoms with E-state index in [-0.39, 0.29) is 0 Å². The first kappa shape index (κ1) is 12.3. The van der Waals surface area contributed by atoms with Crippen molar-refractivity contribution in [3.05, 3.63) is 59.7 Å². The third kappa shape index (κ3) is 2.57. The average molecular weight is 241 g/mol. The van der Waals surface area contributed by atoms with E-state index in [1.165, 1.54) is 5.56 Å². The highest BCUT2D eigenvalue weighted by atomic mass is 16.4. The molecule has 1 atom stereocenters. The molecule has 0 saturated heterocycles. The SMILES string of the molecule is Cc1cccc(-c2ccc([C@H](N)C(=O)O)cc2)c1. The predicted octanol–water partition coefficient (Wildman–Crippen LogP) is 2.75. The van der Waals surface area contributed by atoms with Gasteiger partial charge in [-0.2, -0.15) is 0 Å². The van der Waals surface area contributed by atoms with Crippen LogP contribution in [0, 0.1) is 6.92 Å². The van der Waals surface area contributed by atoms with E-state index in [2.05, 4.69) is 6.07 Å². The normalized spacial score (nSPS) is 12.1. The quantitative estimate of drug-likeness (QED) is 0.868. The van der Waals surface area contributed by atoms with Crippen LogP contribution in [0.15, 0.2) is 48.5 Å². The molecule has 3 heteroatoms. The van der Waals surface area contributed by atoms with Crippen molar-refractivity contribution in [1.29, 1.82) is 0 Å². The summed E-state index contributed by atoms with van der Waals surface area (Å²) < 4.78 is 0. The van der Waals surface area contributed by atoms with Crippen LogP contribution in [-0.2, 0) is 4.79 Å². The van der Waals surface area contributed by atoms with E-state index in [4.69, 9.17) is 10.8 Å². The highest BCUT2D eigenvalue weighted by molar-refractivity contribution is 5.75. The maximum absolute atomic E-state index is 10.8. The van der Waals surface area contributed by atoms with Crippen LogP contribution in [0.2, 0.25) is 0 Å². The molecule has 0 unspecified atom stereocenters. The maximum Gasteiger partial charge on any atom is 0.325 e. The zero-order valence-electron chi connectivity index (χ0n) is 10.1. The van der Waals surface area contributed by atoms with Crippen molar-refractivity contribution in [3.8, 4) is 11.1 Å². The summed E-state index contributed by atoms with van der Waals surface area (Å²) in [6, 6.07) is 14.5. The fourth-order valence-corrected chi connectivity index (χ4v) is 1.85. The molecule has 0 aliphatic carbocycles. The van der Waals surface area contributed by atoms with Crippen LogP contribution < -0.4 is 5.73 Å². The second-order valence-electron chi connectivity index (χ2n) is 4.31. The number of carboxylic acid groups (broad SMARTS) is 1. The van der Waals surface area contributed by atoms with Crippen LogP contribution in [0.4, 0.5) is 0 Å². The van der Waals surface area contributed by atoms with Gasteiger partial charge >= 0.3 is 5.97 Å². The molecule has 2 rings (SSSR count). The van der Waals surface area contributed by atoms with Crippen LogP contribution in [0.3, 0.4) is 0 Å². The van der Waals surface area contributed by atoms with E-state index in [1.807, 2.05) is 37.3 Å². The van der Waals surface area contributed by atoms with Crippen molar-refractivity contribution in [2.45, 2.75) is 13.0 Å². The van der Waals surface area contributed by atoms with Gasteiger partial charge < -0.3 is 10.8 Å². The first-order valence-electron chi connectivity index (χ1n) is 5.73. The highest BCUT2D eigenvalue weighted by Crippen LogP contribution is 2.22. The molecule has 3 N–H and O–H groups in total. The molecule has 0 fully saturated rings. The molecule has 0 heterocycles. The summed E-state index contributed by atoms with van der Waals surface area (Å²) >= 11 is 0. The molecule has 92 valence electrons. The molecule has 18 heavy (non-hydrogen) atoms. The first-order chi connectivity index (χ1) is 8.58. The molecular formula is C15H15NO2. The van der Waals surface area contributed by atoms with Crippen molar-refractivity contribution in [3.63, 3.8) is 0 Å². The van der Waals surface area contributed by atoms with Crippen LogP contribution in [0.1, 0.15) is 17.2 Å². The molecule has 2 aromatic rings. The Hall–Kier alpha value is -2.13. The number of aryl methyl sites for hydroxylation is 1. The molecule has 0 spiro atoms. The lowest BCUT2D eigenvalue weighted by molar-refractivity contribution is -0.138. The van der Waals surface area contributed by atoms with E-state index < -0.39 is 12.0 Å². The third-order valence-corrected chi connectivity index (χ3v) is 2.89. The number of benzene rings is 2. The van der Waals surface area contributed by atoms with Gasteiger partial charge in [0.1, 0.15) is 6.04 Å². The van der Waals surface area contributed by atoms with Gasteiger partial charge in [0.15, 0.2) is 0 Å². The van der Waals surface area contributed by atoms with Gasteiger partial charge in [-0.25, -0.2) is 0 Å². The largest absolute Gasteiger partial charge is 0.480 e. The molecule has 3 nitrogen and oxygen atoms in total. The Kier molecular flexibility index (Phi) is 3.44. The molecule has 0 bridgehead atoms. The smallest absolute Gasteiger partial charge is 0.325 e. The Balaban J connectivity index is 2.30. The zero-order chi connectivity index (χ0) is 13.1. The van der Waals surface area contributed by atoms with Gasteiger partial charge in [0, 0.05) is 0 Å². The van der Waals surface area contributed by atoms with Gasteiger partial charge in [-0.3, -0.25) is 4.79 Å². The Labute approximate surface area is 106 Å². The van der Waals surface area contributed by atoms with Gasteiger partial charge in [0.05, 0.1) is 0 Å². The van der Waals surface area contributed by atoms with Crippen molar-refractivity contribution in [2.24, 2.45) is 5.73 Å². The Bertz CT molecular complexity index is 561. The van der Waals surface area contributed by atoms with E-state index in [0.29, 0.717) is 5.56 Å². The van der Waals surface area contributed by atoms with Crippen molar-refractivity contribution in [1.82, 2.24) is 0 Å². The molecule has 0 aliphatic heterocycles. The average Bonchev–Trinajstić information content (AvgIpc) is 2.38. The lowest BCUT2D eigenvalue weighted by Gasteiger charge is -2.08. The fraction of sp³-hybridized carbons (Fsp3) is 0.133. The highest BCUT2D eigenvalue weighted by Gasteiger charge is 2.13. The summed E-state index contributed by atoms with van der Waals surface area (Å²) in [5.41, 5.74) is 9.53. The number of hydrogen-bond acceptors (Lipinski definition) is 2. The minimum absolute atomic E-state index is 0.610. The number of carbonyl (C=O) groups is 1. The van der Waals surface area contributed by atoms with E-state index >= 15 is 0 Å². The third-order valence-electron chi connectivity index (χ3n) is 2.89. The number of hydrogen-bond donors (Lipinski definition) is 2. The molecule has 0 amide bonds. The molecule has 0 saturated carbocycles. The fourth-order valence-electron chi connectivity index (χ4n) is 1.85. The van der Waals surface area contributed by atoms with Crippen LogP contribution in [0.5, 0.6) is 0 Å². The summed E-state index contributed by atoms with van der Waals surface area (Å²) in [7, 11) is 0. The first-order valence-corrected chi connectivity index (χ1v) is 5.73. The second-order valence-corrected chi connectivity index (χ2v) is 4.31.